The van der Waals surface area contributed by atoms with Crippen LogP contribution in [0.15, 0.2) is 54.6 Å². The topological polar surface area (TPSA) is 79.0 Å². The second-order valence-electron chi connectivity index (χ2n) is 8.95. The minimum absolute atomic E-state index is 0.00777. The van der Waals surface area contributed by atoms with Crippen molar-refractivity contribution in [3.63, 3.8) is 0 Å². The first-order valence-corrected chi connectivity index (χ1v) is 11.9. The van der Waals surface area contributed by atoms with Crippen molar-refractivity contribution in [3.8, 4) is 5.75 Å². The van der Waals surface area contributed by atoms with Gasteiger partial charge in [-0.3, -0.25) is 14.4 Å². The third-order valence-corrected chi connectivity index (χ3v) is 6.54. The monoisotopic (exact) mass is 465 g/mol. The average Bonchev–Trinajstić information content (AvgIpc) is 2.87. The Labute approximate surface area is 202 Å². The maximum Gasteiger partial charge on any atom is 0.254 e. The van der Waals surface area contributed by atoms with E-state index in [1.165, 1.54) is 0 Å². The number of nitrogens with zero attached hydrogens (tertiary/aromatic N) is 2. The van der Waals surface area contributed by atoms with Crippen LogP contribution in [0.1, 0.15) is 43.1 Å². The zero-order valence-electron chi connectivity index (χ0n) is 20.5. The quantitative estimate of drug-likeness (QED) is 0.650. The maximum absolute atomic E-state index is 13.5. The molecule has 3 unspecified atom stereocenters. The number of carbonyl (C=O) groups is 3. The SMILES string of the molecule is CCC(C)C(NC(=O)Cc1ccc(OC)cc1)C(=O)N1CCN(C(=O)c2ccccc2)C(C)C1. The molecule has 1 aliphatic heterocycles. The Kier molecular flexibility index (Phi) is 8.68. The van der Waals surface area contributed by atoms with Crippen molar-refractivity contribution in [1.29, 1.82) is 0 Å². The molecular formula is C27H35N3O4. The van der Waals surface area contributed by atoms with Crippen molar-refractivity contribution in [2.45, 2.75) is 45.7 Å². The molecule has 182 valence electrons. The third kappa shape index (κ3) is 6.16. The zero-order chi connectivity index (χ0) is 24.7. The van der Waals surface area contributed by atoms with E-state index in [1.807, 2.05) is 80.3 Å². The van der Waals surface area contributed by atoms with Gasteiger partial charge >= 0.3 is 0 Å². The van der Waals surface area contributed by atoms with Crippen LogP contribution in [0.4, 0.5) is 0 Å². The Morgan fingerprint density at radius 1 is 1.06 bits per heavy atom. The summed E-state index contributed by atoms with van der Waals surface area (Å²) in [4.78, 5) is 42.7. The second kappa shape index (κ2) is 11.7. The molecule has 34 heavy (non-hydrogen) atoms. The summed E-state index contributed by atoms with van der Waals surface area (Å²) < 4.78 is 5.16. The number of hydrogen-bond donors (Lipinski definition) is 1. The molecule has 2 aromatic rings. The van der Waals surface area contributed by atoms with Gasteiger partial charge in [0.05, 0.1) is 13.5 Å². The van der Waals surface area contributed by atoms with Crippen molar-refractivity contribution in [1.82, 2.24) is 15.1 Å². The molecule has 3 rings (SSSR count). The first kappa shape index (κ1) is 25.3. The average molecular weight is 466 g/mol. The highest BCUT2D eigenvalue weighted by Crippen LogP contribution is 2.18. The molecule has 1 fully saturated rings. The van der Waals surface area contributed by atoms with Gasteiger partial charge in [-0.15, -0.1) is 0 Å². The van der Waals surface area contributed by atoms with Gasteiger partial charge in [0.15, 0.2) is 0 Å². The van der Waals surface area contributed by atoms with E-state index in [0.717, 1.165) is 17.7 Å². The van der Waals surface area contributed by atoms with E-state index < -0.39 is 6.04 Å². The van der Waals surface area contributed by atoms with E-state index in [0.29, 0.717) is 25.2 Å². The lowest BCUT2D eigenvalue weighted by Gasteiger charge is -2.41. The van der Waals surface area contributed by atoms with Gasteiger partial charge in [-0.25, -0.2) is 0 Å². The number of carbonyl (C=O) groups excluding carboxylic acids is 3. The Hall–Kier alpha value is -3.35. The van der Waals surface area contributed by atoms with Gasteiger partial charge in [0.2, 0.25) is 11.8 Å². The lowest BCUT2D eigenvalue weighted by molar-refractivity contribution is -0.139. The van der Waals surface area contributed by atoms with Gasteiger partial charge < -0.3 is 19.9 Å². The molecule has 0 aliphatic carbocycles. The highest BCUT2D eigenvalue weighted by Gasteiger charge is 2.35. The summed E-state index contributed by atoms with van der Waals surface area (Å²) in [5.74, 6) is 0.430. The van der Waals surface area contributed by atoms with Gasteiger partial charge in [-0.2, -0.15) is 0 Å². The van der Waals surface area contributed by atoms with E-state index in [4.69, 9.17) is 4.74 Å². The molecule has 0 spiro atoms. The molecule has 7 nitrogen and oxygen atoms in total. The van der Waals surface area contributed by atoms with E-state index in [9.17, 15) is 14.4 Å². The Morgan fingerprint density at radius 2 is 1.74 bits per heavy atom. The predicted octanol–water partition coefficient (Wildman–Crippen LogP) is 3.14. The number of amides is 3. The van der Waals surface area contributed by atoms with Gasteiger partial charge in [0.25, 0.3) is 5.91 Å². The van der Waals surface area contributed by atoms with Crippen molar-refractivity contribution < 1.29 is 19.1 Å². The van der Waals surface area contributed by atoms with Gasteiger partial charge in [0.1, 0.15) is 11.8 Å². The van der Waals surface area contributed by atoms with Crippen LogP contribution >= 0.6 is 0 Å². The summed E-state index contributed by atoms with van der Waals surface area (Å²) in [6.07, 6.45) is 0.960. The lowest BCUT2D eigenvalue weighted by atomic mass is 9.96. The summed E-state index contributed by atoms with van der Waals surface area (Å²) in [6.45, 7) is 7.31. The molecule has 3 atom stereocenters. The highest BCUT2D eigenvalue weighted by molar-refractivity contribution is 5.95. The number of piperazine rings is 1. The minimum Gasteiger partial charge on any atom is -0.497 e. The molecule has 1 saturated heterocycles. The minimum atomic E-state index is -0.598. The fraction of sp³-hybridized carbons (Fsp3) is 0.444. The Bertz CT molecular complexity index is 977. The largest absolute Gasteiger partial charge is 0.497 e. The van der Waals surface area contributed by atoms with Crippen LogP contribution in [0.3, 0.4) is 0 Å². The Morgan fingerprint density at radius 3 is 2.32 bits per heavy atom. The predicted molar refractivity (Wildman–Crippen MR) is 132 cm³/mol. The molecule has 0 aromatic heterocycles. The smallest absolute Gasteiger partial charge is 0.254 e. The summed E-state index contributed by atoms with van der Waals surface area (Å²) in [6, 6.07) is 15.8. The van der Waals surface area contributed by atoms with Gasteiger partial charge in [-0.1, -0.05) is 50.6 Å². The van der Waals surface area contributed by atoms with Gasteiger partial charge in [0, 0.05) is 31.2 Å². The molecule has 7 heteroatoms. The maximum atomic E-state index is 13.5. The van der Waals surface area contributed by atoms with E-state index >= 15 is 0 Å². The molecule has 2 aromatic carbocycles. The fourth-order valence-corrected chi connectivity index (χ4v) is 4.24. The first-order chi connectivity index (χ1) is 16.3. The number of benzene rings is 2. The fourth-order valence-electron chi connectivity index (χ4n) is 4.24. The number of ether oxygens (including phenoxy) is 1. The lowest BCUT2D eigenvalue weighted by Crippen LogP contribution is -2.60. The summed E-state index contributed by atoms with van der Waals surface area (Å²) in [5, 5.41) is 2.97. The Balaban J connectivity index is 1.63. The van der Waals surface area contributed by atoms with Crippen LogP contribution in [0, 0.1) is 5.92 Å². The zero-order valence-corrected chi connectivity index (χ0v) is 20.5. The van der Waals surface area contributed by atoms with Crippen molar-refractivity contribution >= 4 is 17.7 Å². The van der Waals surface area contributed by atoms with Gasteiger partial charge in [-0.05, 0) is 42.7 Å². The first-order valence-electron chi connectivity index (χ1n) is 11.9. The van der Waals surface area contributed by atoms with E-state index in [-0.39, 0.29) is 36.1 Å². The second-order valence-corrected chi connectivity index (χ2v) is 8.95. The summed E-state index contributed by atoms with van der Waals surface area (Å²) >= 11 is 0. The van der Waals surface area contributed by atoms with Crippen LogP contribution in [0.25, 0.3) is 0 Å². The molecule has 3 amide bonds. The van der Waals surface area contributed by atoms with Crippen LogP contribution in [0.5, 0.6) is 5.75 Å². The normalized spacial score (nSPS) is 17.6. The number of nitrogens with one attached hydrogen (secondary N) is 1. The summed E-state index contributed by atoms with van der Waals surface area (Å²) in [7, 11) is 1.60. The van der Waals surface area contributed by atoms with Crippen LogP contribution in [-0.2, 0) is 16.0 Å². The van der Waals surface area contributed by atoms with Crippen molar-refractivity contribution in [2.24, 2.45) is 5.92 Å². The third-order valence-electron chi connectivity index (χ3n) is 6.54. The molecule has 0 radical (unpaired) electrons. The molecule has 1 N–H and O–H groups in total. The number of methoxy groups -OCH3 is 1. The highest BCUT2D eigenvalue weighted by atomic mass is 16.5. The molecule has 0 saturated carbocycles. The molecule has 0 bridgehead atoms. The van der Waals surface area contributed by atoms with Crippen LogP contribution in [0.2, 0.25) is 0 Å². The number of hydrogen-bond acceptors (Lipinski definition) is 4. The molecule has 1 heterocycles. The van der Waals surface area contributed by atoms with E-state index in [1.54, 1.807) is 12.0 Å². The number of rotatable bonds is 8. The van der Waals surface area contributed by atoms with E-state index in [2.05, 4.69) is 5.32 Å². The van der Waals surface area contributed by atoms with Crippen LogP contribution in [-0.4, -0.2) is 66.3 Å². The summed E-state index contributed by atoms with van der Waals surface area (Å²) in [5.41, 5.74) is 1.51. The molecule has 1 aliphatic rings. The standard InChI is InChI=1S/C27H35N3O4/c1-5-19(2)25(28-24(31)17-21-11-13-23(34-4)14-12-21)27(33)29-15-16-30(20(3)18-29)26(32)22-9-7-6-8-10-22/h6-14,19-20,25H,5,15-18H2,1-4H3,(H,28,31). The van der Waals surface area contributed by atoms with Crippen molar-refractivity contribution in [3.05, 3.63) is 65.7 Å². The van der Waals surface area contributed by atoms with Crippen molar-refractivity contribution in [2.75, 3.05) is 26.7 Å². The van der Waals surface area contributed by atoms with Crippen LogP contribution < -0.4 is 10.1 Å². The molecular weight excluding hydrogens is 430 g/mol.